The Kier molecular flexibility index (Phi) is 5.46. The molecule has 126 valence electrons. The summed E-state index contributed by atoms with van der Waals surface area (Å²) in [6.07, 6.45) is 0. The number of carbonyl (C=O) groups is 2. The fraction of sp³-hybridized carbons (Fsp3) is 0.222. The van der Waals surface area contributed by atoms with E-state index in [0.717, 1.165) is 5.56 Å². The summed E-state index contributed by atoms with van der Waals surface area (Å²) < 4.78 is 0. The molecule has 0 aliphatic carbocycles. The monoisotopic (exact) mass is 345 g/mol. The first-order valence-corrected chi connectivity index (χ1v) is 7.87. The number of nitrogens with one attached hydrogen (secondary N) is 3. The van der Waals surface area contributed by atoms with E-state index in [1.54, 1.807) is 36.4 Å². The van der Waals surface area contributed by atoms with Crippen LogP contribution >= 0.6 is 11.6 Å². The van der Waals surface area contributed by atoms with Gasteiger partial charge in [0.2, 0.25) is 5.91 Å². The average molecular weight is 346 g/mol. The van der Waals surface area contributed by atoms with E-state index >= 15 is 0 Å². The van der Waals surface area contributed by atoms with Crippen LogP contribution in [0.4, 0.5) is 16.2 Å². The number of anilines is 2. The van der Waals surface area contributed by atoms with E-state index in [2.05, 4.69) is 16.0 Å². The molecule has 0 radical (unpaired) electrons. The molecule has 3 amide bonds. The van der Waals surface area contributed by atoms with E-state index in [0.29, 0.717) is 16.4 Å². The van der Waals surface area contributed by atoms with Crippen LogP contribution in [0.15, 0.2) is 48.5 Å². The molecule has 0 bridgehead atoms. The smallest absolute Gasteiger partial charge is 0.319 e. The zero-order valence-electron chi connectivity index (χ0n) is 13.8. The lowest BCUT2D eigenvalue weighted by Crippen LogP contribution is -2.43. The molecule has 0 atom stereocenters. The quantitative estimate of drug-likeness (QED) is 0.770. The lowest BCUT2D eigenvalue weighted by Gasteiger charge is -2.27. The summed E-state index contributed by atoms with van der Waals surface area (Å²) in [5.74, 6) is -0.166. The van der Waals surface area contributed by atoms with E-state index in [1.165, 1.54) is 6.92 Å². The van der Waals surface area contributed by atoms with Crippen molar-refractivity contribution in [1.29, 1.82) is 0 Å². The molecule has 2 aromatic rings. The molecule has 3 N–H and O–H groups in total. The summed E-state index contributed by atoms with van der Waals surface area (Å²) in [6.45, 7) is 5.24. The van der Waals surface area contributed by atoms with Gasteiger partial charge in [-0.15, -0.1) is 0 Å². The highest BCUT2D eigenvalue weighted by atomic mass is 35.5. The van der Waals surface area contributed by atoms with Crippen molar-refractivity contribution >= 4 is 34.9 Å². The molecule has 5 nitrogen and oxygen atoms in total. The molecule has 0 aromatic heterocycles. The summed E-state index contributed by atoms with van der Waals surface area (Å²) in [7, 11) is 0. The van der Waals surface area contributed by atoms with Gasteiger partial charge in [0, 0.05) is 23.3 Å². The maximum absolute atomic E-state index is 12.3. The van der Waals surface area contributed by atoms with Crippen molar-refractivity contribution in [1.82, 2.24) is 5.32 Å². The van der Waals surface area contributed by atoms with Crippen LogP contribution in [0.5, 0.6) is 0 Å². The molecule has 24 heavy (non-hydrogen) atoms. The van der Waals surface area contributed by atoms with Gasteiger partial charge < -0.3 is 16.0 Å². The fourth-order valence-electron chi connectivity index (χ4n) is 2.26. The summed E-state index contributed by atoms with van der Waals surface area (Å²) in [5, 5.41) is 9.01. The molecule has 0 heterocycles. The molecular weight excluding hydrogens is 326 g/mol. The molecule has 0 aliphatic rings. The Hall–Kier alpha value is -2.53. The Morgan fingerprint density at radius 3 is 2.12 bits per heavy atom. The lowest BCUT2D eigenvalue weighted by molar-refractivity contribution is -0.114. The van der Waals surface area contributed by atoms with E-state index in [-0.39, 0.29) is 11.9 Å². The maximum Gasteiger partial charge on any atom is 0.319 e. The van der Waals surface area contributed by atoms with Gasteiger partial charge in [-0.3, -0.25) is 4.79 Å². The Morgan fingerprint density at radius 1 is 0.958 bits per heavy atom. The molecule has 0 aliphatic heterocycles. The molecule has 0 spiro atoms. The third-order valence-corrected chi connectivity index (χ3v) is 3.68. The zero-order valence-corrected chi connectivity index (χ0v) is 14.6. The highest BCUT2D eigenvalue weighted by Crippen LogP contribution is 2.22. The molecule has 0 unspecified atom stereocenters. The van der Waals surface area contributed by atoms with Gasteiger partial charge in [-0.2, -0.15) is 0 Å². The van der Waals surface area contributed by atoms with Gasteiger partial charge in [-0.25, -0.2) is 4.79 Å². The van der Waals surface area contributed by atoms with Gasteiger partial charge in [0.1, 0.15) is 0 Å². The predicted molar refractivity (Wildman–Crippen MR) is 97.4 cm³/mol. The number of hydrogen-bond acceptors (Lipinski definition) is 2. The lowest BCUT2D eigenvalue weighted by atomic mass is 9.94. The highest BCUT2D eigenvalue weighted by molar-refractivity contribution is 6.30. The zero-order chi connectivity index (χ0) is 17.7. The maximum atomic E-state index is 12.3. The average Bonchev–Trinajstić information content (AvgIpc) is 2.46. The van der Waals surface area contributed by atoms with Crippen LogP contribution in [0.25, 0.3) is 0 Å². The van der Waals surface area contributed by atoms with E-state index in [9.17, 15) is 9.59 Å². The molecule has 0 saturated carbocycles. The minimum absolute atomic E-state index is 0.166. The number of halogens is 1. The van der Waals surface area contributed by atoms with Gasteiger partial charge in [0.05, 0.1) is 5.54 Å². The van der Waals surface area contributed by atoms with Crippen LogP contribution < -0.4 is 16.0 Å². The predicted octanol–water partition coefficient (Wildman–Crippen LogP) is 4.36. The minimum atomic E-state index is -0.566. The first-order chi connectivity index (χ1) is 11.3. The van der Waals surface area contributed by atoms with Crippen molar-refractivity contribution in [3.8, 4) is 0 Å². The van der Waals surface area contributed by atoms with Gasteiger partial charge in [-0.05, 0) is 49.7 Å². The van der Waals surface area contributed by atoms with Gasteiger partial charge in [-0.1, -0.05) is 29.8 Å². The minimum Gasteiger partial charge on any atom is -0.329 e. The fourth-order valence-corrected chi connectivity index (χ4v) is 2.39. The second-order valence-electron chi connectivity index (χ2n) is 5.97. The summed E-state index contributed by atoms with van der Waals surface area (Å²) in [4.78, 5) is 23.4. The van der Waals surface area contributed by atoms with Crippen molar-refractivity contribution < 1.29 is 9.59 Å². The molecule has 0 saturated heterocycles. The van der Waals surface area contributed by atoms with Crippen molar-refractivity contribution in [2.24, 2.45) is 0 Å². The van der Waals surface area contributed by atoms with Crippen molar-refractivity contribution in [3.63, 3.8) is 0 Å². The van der Waals surface area contributed by atoms with E-state index in [4.69, 9.17) is 11.6 Å². The van der Waals surface area contributed by atoms with Crippen molar-refractivity contribution in [2.45, 2.75) is 26.3 Å². The molecule has 6 heteroatoms. The third kappa shape index (κ3) is 4.99. The first-order valence-electron chi connectivity index (χ1n) is 7.49. The molecule has 2 aromatic carbocycles. The second kappa shape index (κ2) is 7.36. The Morgan fingerprint density at radius 2 is 1.54 bits per heavy atom. The van der Waals surface area contributed by atoms with Gasteiger partial charge >= 0.3 is 6.03 Å². The van der Waals surface area contributed by atoms with Crippen molar-refractivity contribution in [3.05, 3.63) is 59.1 Å². The van der Waals surface area contributed by atoms with Gasteiger partial charge in [0.25, 0.3) is 0 Å². The topological polar surface area (TPSA) is 70.2 Å². The Bertz CT molecular complexity index is 742. The molecule has 2 rings (SSSR count). The highest BCUT2D eigenvalue weighted by Gasteiger charge is 2.22. The van der Waals surface area contributed by atoms with Crippen LogP contribution in [0.1, 0.15) is 26.3 Å². The number of amides is 3. The number of urea groups is 1. The Balaban J connectivity index is 2.04. The van der Waals surface area contributed by atoms with Gasteiger partial charge in [0.15, 0.2) is 0 Å². The van der Waals surface area contributed by atoms with Crippen LogP contribution in [0, 0.1) is 0 Å². The third-order valence-electron chi connectivity index (χ3n) is 3.43. The number of rotatable bonds is 4. The van der Waals surface area contributed by atoms with Crippen molar-refractivity contribution in [2.75, 3.05) is 10.6 Å². The number of hydrogen-bond donors (Lipinski definition) is 3. The largest absolute Gasteiger partial charge is 0.329 e. The summed E-state index contributed by atoms with van der Waals surface area (Å²) in [5.41, 5.74) is 1.58. The van der Waals surface area contributed by atoms with Crippen LogP contribution in [-0.2, 0) is 10.3 Å². The summed E-state index contributed by atoms with van der Waals surface area (Å²) >= 11 is 5.90. The second-order valence-corrected chi connectivity index (χ2v) is 6.41. The molecular formula is C18H20ClN3O2. The van der Waals surface area contributed by atoms with Crippen LogP contribution in [0.2, 0.25) is 5.02 Å². The Labute approximate surface area is 146 Å². The number of benzene rings is 2. The number of carbonyl (C=O) groups excluding carboxylic acids is 2. The van der Waals surface area contributed by atoms with E-state index in [1.807, 2.05) is 26.0 Å². The normalized spacial score (nSPS) is 10.8. The summed E-state index contributed by atoms with van der Waals surface area (Å²) in [6, 6.07) is 13.9. The standard InChI is InChI=1S/C18H20ClN3O2/c1-12(23)20-15-5-4-6-16(11-15)21-17(24)22-18(2,3)13-7-9-14(19)10-8-13/h4-11H,1-3H3,(H,20,23)(H2,21,22,24). The molecule has 0 fully saturated rings. The first kappa shape index (κ1) is 17.8. The van der Waals surface area contributed by atoms with Crippen LogP contribution in [-0.4, -0.2) is 11.9 Å². The van der Waals surface area contributed by atoms with Crippen LogP contribution in [0.3, 0.4) is 0 Å². The van der Waals surface area contributed by atoms with E-state index < -0.39 is 5.54 Å². The SMILES string of the molecule is CC(=O)Nc1cccc(NC(=O)NC(C)(C)c2ccc(Cl)cc2)c1.